The molecule has 0 saturated heterocycles. The second-order valence-corrected chi connectivity index (χ2v) is 7.89. The third kappa shape index (κ3) is 9.12. The lowest BCUT2D eigenvalue weighted by molar-refractivity contribution is -0.142. The number of allylic oxidation sites excluding steroid dienone is 1. The third-order valence-electron chi connectivity index (χ3n) is 4.55. The van der Waals surface area contributed by atoms with Gasteiger partial charge in [-0.15, -0.1) is 0 Å². The quantitative estimate of drug-likeness (QED) is 0.294. The fourth-order valence-electron chi connectivity index (χ4n) is 3.21. The number of unbranched alkanes of at least 4 members (excludes halogenated alkanes) is 6. The fourth-order valence-corrected chi connectivity index (χ4v) is 4.53. The molecule has 1 aliphatic rings. The molecule has 0 radical (unpaired) electrons. The van der Waals surface area contributed by atoms with Crippen molar-refractivity contribution in [1.82, 2.24) is 0 Å². The third-order valence-corrected chi connectivity index (χ3v) is 5.97. The Bertz CT molecular complexity index is 368. The summed E-state index contributed by atoms with van der Waals surface area (Å²) in [5.74, 6) is 0.600. The van der Waals surface area contributed by atoms with Gasteiger partial charge in [-0.25, -0.2) is 0 Å². The minimum Gasteiger partial charge on any atom is -0.466 e. The molecule has 3 nitrogen and oxygen atoms in total. The zero-order valence-corrected chi connectivity index (χ0v) is 16.4. The largest absolute Gasteiger partial charge is 0.466 e. The molecule has 0 bridgehead atoms. The highest BCUT2D eigenvalue weighted by atomic mass is 32.2. The molecule has 0 aromatic rings. The lowest BCUT2D eigenvalue weighted by Crippen LogP contribution is -2.29. The van der Waals surface area contributed by atoms with Gasteiger partial charge in [0, 0.05) is 5.75 Å². The van der Waals surface area contributed by atoms with Crippen LogP contribution in [0.1, 0.15) is 84.5 Å². The molecule has 0 heterocycles. The number of hydrogen-bond donors (Lipinski definition) is 1. The average molecular weight is 357 g/mol. The second-order valence-electron chi connectivity index (χ2n) is 6.64. The van der Waals surface area contributed by atoms with Gasteiger partial charge in [-0.3, -0.25) is 4.79 Å². The molecule has 0 aromatic carbocycles. The minimum absolute atomic E-state index is 0.132. The first-order valence-electron chi connectivity index (χ1n) is 9.83. The van der Waals surface area contributed by atoms with Gasteiger partial charge in [0.2, 0.25) is 0 Å². The summed E-state index contributed by atoms with van der Waals surface area (Å²) >= 11 is 1.72. The van der Waals surface area contributed by atoms with Crippen LogP contribution in [0.2, 0.25) is 0 Å². The number of carbonyl (C=O) groups is 1. The first-order chi connectivity index (χ1) is 11.7. The van der Waals surface area contributed by atoms with Gasteiger partial charge in [-0.1, -0.05) is 50.7 Å². The maximum Gasteiger partial charge on any atom is 0.306 e. The molecule has 1 fully saturated rings. The summed E-state index contributed by atoms with van der Waals surface area (Å²) in [7, 11) is 0. The topological polar surface area (TPSA) is 46.5 Å². The number of hydrogen-bond acceptors (Lipinski definition) is 4. The molecule has 140 valence electrons. The van der Waals surface area contributed by atoms with E-state index in [1.165, 1.54) is 44.1 Å². The van der Waals surface area contributed by atoms with E-state index in [9.17, 15) is 9.90 Å². The Hall–Kier alpha value is -0.480. The summed E-state index contributed by atoms with van der Waals surface area (Å²) in [5.41, 5.74) is 1.40. The molecule has 4 heteroatoms. The summed E-state index contributed by atoms with van der Waals surface area (Å²) in [6.45, 7) is 4.52. The Labute approximate surface area is 152 Å². The Balaban J connectivity index is 2.33. The maximum absolute atomic E-state index is 11.5. The van der Waals surface area contributed by atoms with Crippen molar-refractivity contribution >= 4 is 17.7 Å². The van der Waals surface area contributed by atoms with E-state index in [-0.39, 0.29) is 17.3 Å². The van der Waals surface area contributed by atoms with Crippen LogP contribution in [0.3, 0.4) is 0 Å². The van der Waals surface area contributed by atoms with Gasteiger partial charge in [0.05, 0.1) is 24.4 Å². The summed E-state index contributed by atoms with van der Waals surface area (Å²) in [6, 6.07) is 0. The molecule has 1 saturated carbocycles. The smallest absolute Gasteiger partial charge is 0.306 e. The van der Waals surface area contributed by atoms with Crippen LogP contribution in [0, 0.1) is 0 Å². The second kappa shape index (κ2) is 13.8. The highest BCUT2D eigenvalue weighted by molar-refractivity contribution is 8.00. The minimum atomic E-state index is -0.262. The molecule has 1 N–H and O–H groups in total. The summed E-state index contributed by atoms with van der Waals surface area (Å²) in [4.78, 5) is 11.5. The van der Waals surface area contributed by atoms with Crippen molar-refractivity contribution in [1.29, 1.82) is 0 Å². The van der Waals surface area contributed by atoms with Crippen molar-refractivity contribution < 1.29 is 14.6 Å². The van der Waals surface area contributed by atoms with E-state index in [4.69, 9.17) is 4.74 Å². The van der Waals surface area contributed by atoms with Crippen LogP contribution in [0.25, 0.3) is 0 Å². The number of ether oxygens (including phenoxy) is 1. The van der Waals surface area contributed by atoms with Crippen LogP contribution in [0.15, 0.2) is 11.6 Å². The van der Waals surface area contributed by atoms with Gasteiger partial charge in [0.1, 0.15) is 0 Å². The molecule has 1 rings (SSSR count). The molecule has 0 amide bonds. The molecule has 2 atom stereocenters. The van der Waals surface area contributed by atoms with E-state index in [1.807, 2.05) is 6.92 Å². The Morgan fingerprint density at radius 2 is 2.00 bits per heavy atom. The Morgan fingerprint density at radius 3 is 2.75 bits per heavy atom. The Kier molecular flexibility index (Phi) is 12.4. The van der Waals surface area contributed by atoms with Crippen LogP contribution in [-0.4, -0.2) is 34.8 Å². The number of thioether (sulfide) groups is 1. The van der Waals surface area contributed by atoms with Gasteiger partial charge in [-0.05, 0) is 39.0 Å². The summed E-state index contributed by atoms with van der Waals surface area (Å²) in [5, 5.41) is 10.5. The van der Waals surface area contributed by atoms with E-state index in [0.717, 1.165) is 31.4 Å². The highest BCUT2D eigenvalue weighted by Crippen LogP contribution is 2.34. The van der Waals surface area contributed by atoms with Crippen molar-refractivity contribution in [3.8, 4) is 0 Å². The lowest BCUT2D eigenvalue weighted by atomic mass is 9.91. The van der Waals surface area contributed by atoms with E-state index in [0.29, 0.717) is 13.0 Å². The highest BCUT2D eigenvalue weighted by Gasteiger charge is 2.27. The van der Waals surface area contributed by atoms with Crippen LogP contribution < -0.4 is 0 Å². The number of aliphatic hydroxyl groups is 1. The lowest BCUT2D eigenvalue weighted by Gasteiger charge is -2.30. The van der Waals surface area contributed by atoms with Crippen molar-refractivity contribution in [2.24, 2.45) is 0 Å². The first-order valence-corrected chi connectivity index (χ1v) is 10.9. The van der Waals surface area contributed by atoms with E-state index < -0.39 is 0 Å². The number of rotatable bonds is 12. The molecule has 0 aromatic heterocycles. The van der Waals surface area contributed by atoms with Crippen LogP contribution in [-0.2, 0) is 9.53 Å². The van der Waals surface area contributed by atoms with Crippen molar-refractivity contribution in [3.63, 3.8) is 0 Å². The molecule has 2 unspecified atom stereocenters. The van der Waals surface area contributed by atoms with Crippen LogP contribution >= 0.6 is 11.8 Å². The molecular weight excluding hydrogens is 320 g/mol. The van der Waals surface area contributed by atoms with E-state index in [2.05, 4.69) is 13.0 Å². The zero-order chi connectivity index (χ0) is 17.6. The maximum atomic E-state index is 11.5. The van der Waals surface area contributed by atoms with E-state index in [1.54, 1.807) is 11.8 Å². The van der Waals surface area contributed by atoms with Crippen molar-refractivity contribution in [2.45, 2.75) is 95.8 Å². The molecule has 24 heavy (non-hydrogen) atoms. The predicted octanol–water partition coefficient (Wildman–Crippen LogP) is 5.26. The SMILES string of the molecule is CCCCCCCCC=C1CCCC(O)C1SCCC(=O)OCC. The number of carbonyl (C=O) groups excluding carboxylic acids is 1. The van der Waals surface area contributed by atoms with Crippen molar-refractivity contribution in [2.75, 3.05) is 12.4 Å². The molecule has 1 aliphatic carbocycles. The van der Waals surface area contributed by atoms with Gasteiger partial charge in [0.15, 0.2) is 0 Å². The normalized spacial score (nSPS) is 22.7. The van der Waals surface area contributed by atoms with E-state index >= 15 is 0 Å². The molecule has 0 aliphatic heterocycles. The molecular formula is C20H36O3S. The summed E-state index contributed by atoms with van der Waals surface area (Å²) < 4.78 is 4.98. The Morgan fingerprint density at radius 1 is 1.25 bits per heavy atom. The standard InChI is InChI=1S/C20H36O3S/c1-3-5-6-7-8-9-10-12-17-13-11-14-18(21)20(17)24-16-15-19(22)23-4-2/h12,18,20-21H,3-11,13-16H2,1-2H3. The number of aliphatic hydroxyl groups excluding tert-OH is 1. The van der Waals surface area contributed by atoms with Crippen LogP contribution in [0.5, 0.6) is 0 Å². The number of esters is 1. The fraction of sp³-hybridized carbons (Fsp3) is 0.850. The monoisotopic (exact) mass is 356 g/mol. The van der Waals surface area contributed by atoms with Gasteiger partial charge >= 0.3 is 5.97 Å². The van der Waals surface area contributed by atoms with Gasteiger partial charge in [-0.2, -0.15) is 11.8 Å². The first kappa shape index (κ1) is 21.6. The van der Waals surface area contributed by atoms with Crippen LogP contribution in [0.4, 0.5) is 0 Å². The zero-order valence-electron chi connectivity index (χ0n) is 15.6. The van der Waals surface area contributed by atoms with Gasteiger partial charge < -0.3 is 9.84 Å². The van der Waals surface area contributed by atoms with Gasteiger partial charge in [0.25, 0.3) is 0 Å². The summed E-state index contributed by atoms with van der Waals surface area (Å²) in [6.07, 6.45) is 14.7. The predicted molar refractivity (Wildman–Crippen MR) is 103 cm³/mol. The average Bonchev–Trinajstić information content (AvgIpc) is 2.56. The molecule has 0 spiro atoms. The van der Waals surface area contributed by atoms with Crippen molar-refractivity contribution in [3.05, 3.63) is 11.6 Å².